The standard InChI is InChI=1S/C15H23NOS/c1-11-8-13(3)14(9-12(11)2)10-16-15-4-6-18(17)7-5-15/h8-9,15-16H,4-7,10H2,1-3H3. The molecule has 0 bridgehead atoms. The zero-order valence-electron chi connectivity index (χ0n) is 11.6. The minimum Gasteiger partial charge on any atom is -0.310 e. The van der Waals surface area contributed by atoms with E-state index in [0.29, 0.717) is 6.04 Å². The van der Waals surface area contributed by atoms with Crippen LogP contribution in [0.25, 0.3) is 0 Å². The number of hydrogen-bond acceptors (Lipinski definition) is 2. The molecule has 1 saturated heterocycles. The molecule has 1 aromatic carbocycles. The lowest BCUT2D eigenvalue weighted by molar-refractivity contribution is 0.474. The summed E-state index contributed by atoms with van der Waals surface area (Å²) in [6, 6.07) is 5.10. The maximum absolute atomic E-state index is 11.3. The number of aryl methyl sites for hydroxylation is 3. The summed E-state index contributed by atoms with van der Waals surface area (Å²) in [5, 5.41) is 3.61. The van der Waals surface area contributed by atoms with E-state index in [4.69, 9.17) is 0 Å². The Kier molecular flexibility index (Phi) is 4.57. The second kappa shape index (κ2) is 5.98. The van der Waals surface area contributed by atoms with Crippen LogP contribution >= 0.6 is 0 Å². The molecule has 1 fully saturated rings. The lowest BCUT2D eigenvalue weighted by atomic mass is 10.0. The van der Waals surface area contributed by atoms with Crippen LogP contribution in [0.5, 0.6) is 0 Å². The minimum absolute atomic E-state index is 0.545. The number of benzene rings is 1. The molecule has 1 aromatic rings. The van der Waals surface area contributed by atoms with Crippen molar-refractivity contribution in [2.75, 3.05) is 11.5 Å². The van der Waals surface area contributed by atoms with E-state index in [1.165, 1.54) is 22.3 Å². The highest BCUT2D eigenvalue weighted by molar-refractivity contribution is 7.85. The van der Waals surface area contributed by atoms with Gasteiger partial charge < -0.3 is 5.32 Å². The second-order valence-electron chi connectivity index (χ2n) is 5.37. The van der Waals surface area contributed by atoms with Crippen molar-refractivity contribution in [3.05, 3.63) is 34.4 Å². The van der Waals surface area contributed by atoms with E-state index >= 15 is 0 Å². The maximum Gasteiger partial charge on any atom is 0.0249 e. The van der Waals surface area contributed by atoms with E-state index in [-0.39, 0.29) is 0 Å². The molecule has 3 heteroatoms. The molecule has 1 aliphatic rings. The maximum atomic E-state index is 11.3. The van der Waals surface area contributed by atoms with E-state index in [1.807, 2.05) is 0 Å². The first-order chi connectivity index (χ1) is 8.56. The molecule has 1 aliphatic heterocycles. The molecule has 0 aromatic heterocycles. The van der Waals surface area contributed by atoms with Gasteiger partial charge in [0.2, 0.25) is 0 Å². The molecule has 1 N–H and O–H groups in total. The lowest BCUT2D eigenvalue weighted by Gasteiger charge is -2.23. The Hall–Kier alpha value is -0.670. The molecule has 18 heavy (non-hydrogen) atoms. The fourth-order valence-corrected chi connectivity index (χ4v) is 3.76. The molecule has 100 valence electrons. The van der Waals surface area contributed by atoms with Crippen LogP contribution in [0.3, 0.4) is 0 Å². The summed E-state index contributed by atoms with van der Waals surface area (Å²) in [4.78, 5) is 0. The van der Waals surface area contributed by atoms with Crippen LogP contribution < -0.4 is 5.32 Å². The van der Waals surface area contributed by atoms with Crippen LogP contribution in [0, 0.1) is 20.8 Å². The van der Waals surface area contributed by atoms with Crippen molar-refractivity contribution in [1.82, 2.24) is 5.32 Å². The Bertz CT molecular complexity index is 446. The third-order valence-electron chi connectivity index (χ3n) is 3.92. The molecule has 0 unspecified atom stereocenters. The summed E-state index contributed by atoms with van der Waals surface area (Å²) in [6.07, 6.45) is 2.10. The van der Waals surface area contributed by atoms with Gasteiger partial charge in [-0.15, -0.1) is 0 Å². The zero-order chi connectivity index (χ0) is 13.1. The highest BCUT2D eigenvalue weighted by atomic mass is 32.2. The highest BCUT2D eigenvalue weighted by Gasteiger charge is 2.17. The highest BCUT2D eigenvalue weighted by Crippen LogP contribution is 2.16. The van der Waals surface area contributed by atoms with Gasteiger partial charge in [-0.25, -0.2) is 0 Å². The molecule has 1 heterocycles. The van der Waals surface area contributed by atoms with Crippen molar-refractivity contribution in [1.29, 1.82) is 0 Å². The molecule has 0 amide bonds. The summed E-state index contributed by atoms with van der Waals surface area (Å²) in [7, 11) is -0.560. The van der Waals surface area contributed by atoms with Gasteiger partial charge in [0.25, 0.3) is 0 Å². The van der Waals surface area contributed by atoms with Gasteiger partial charge >= 0.3 is 0 Å². The van der Waals surface area contributed by atoms with E-state index in [0.717, 1.165) is 30.9 Å². The van der Waals surface area contributed by atoms with Gasteiger partial charge in [0, 0.05) is 34.9 Å². The van der Waals surface area contributed by atoms with Crippen molar-refractivity contribution in [2.24, 2.45) is 0 Å². The number of rotatable bonds is 3. The van der Waals surface area contributed by atoms with Gasteiger partial charge in [-0.2, -0.15) is 0 Å². The molecular formula is C15H23NOS. The smallest absolute Gasteiger partial charge is 0.0249 e. The predicted molar refractivity (Wildman–Crippen MR) is 78.4 cm³/mol. The fourth-order valence-electron chi connectivity index (χ4n) is 2.46. The van der Waals surface area contributed by atoms with Crippen LogP contribution in [0.4, 0.5) is 0 Å². The van der Waals surface area contributed by atoms with E-state index < -0.39 is 10.8 Å². The van der Waals surface area contributed by atoms with Crippen molar-refractivity contribution in [3.63, 3.8) is 0 Å². The van der Waals surface area contributed by atoms with E-state index in [1.54, 1.807) is 0 Å². The number of nitrogens with one attached hydrogen (secondary N) is 1. The van der Waals surface area contributed by atoms with Gasteiger partial charge in [-0.3, -0.25) is 4.21 Å². The van der Waals surface area contributed by atoms with E-state index in [2.05, 4.69) is 38.2 Å². The van der Waals surface area contributed by atoms with Gasteiger partial charge in [0.05, 0.1) is 0 Å². The first-order valence-electron chi connectivity index (χ1n) is 6.71. The summed E-state index contributed by atoms with van der Waals surface area (Å²) < 4.78 is 11.3. The Labute approximate surface area is 113 Å². The topological polar surface area (TPSA) is 29.1 Å². The quantitative estimate of drug-likeness (QED) is 0.910. The summed E-state index contributed by atoms with van der Waals surface area (Å²) in [5.74, 6) is 1.73. The fraction of sp³-hybridized carbons (Fsp3) is 0.600. The molecular weight excluding hydrogens is 242 g/mol. The Morgan fingerprint density at radius 2 is 1.72 bits per heavy atom. The third-order valence-corrected chi connectivity index (χ3v) is 5.30. The molecule has 2 nitrogen and oxygen atoms in total. The monoisotopic (exact) mass is 265 g/mol. The van der Waals surface area contributed by atoms with E-state index in [9.17, 15) is 4.21 Å². The van der Waals surface area contributed by atoms with Crippen LogP contribution in [0.15, 0.2) is 12.1 Å². The third kappa shape index (κ3) is 3.42. The molecule has 0 spiro atoms. The SMILES string of the molecule is Cc1cc(C)c(CNC2CCS(=O)CC2)cc1C. The van der Waals surface area contributed by atoms with Crippen LogP contribution in [-0.2, 0) is 17.3 Å². The first-order valence-corrected chi connectivity index (χ1v) is 8.20. The van der Waals surface area contributed by atoms with Gasteiger partial charge in [0.15, 0.2) is 0 Å². The Morgan fingerprint density at radius 1 is 1.11 bits per heavy atom. The number of hydrogen-bond donors (Lipinski definition) is 1. The summed E-state index contributed by atoms with van der Waals surface area (Å²) in [5.41, 5.74) is 5.49. The zero-order valence-corrected chi connectivity index (χ0v) is 12.4. The first kappa shape index (κ1) is 13.8. The van der Waals surface area contributed by atoms with Gasteiger partial charge in [0.1, 0.15) is 0 Å². The average Bonchev–Trinajstić information content (AvgIpc) is 2.34. The van der Waals surface area contributed by atoms with Crippen molar-refractivity contribution >= 4 is 10.8 Å². The molecule has 0 aliphatic carbocycles. The Balaban J connectivity index is 1.94. The van der Waals surface area contributed by atoms with Crippen LogP contribution in [-0.4, -0.2) is 21.8 Å². The molecule has 2 rings (SSSR count). The Morgan fingerprint density at radius 3 is 2.39 bits per heavy atom. The van der Waals surface area contributed by atoms with Crippen molar-refractivity contribution < 1.29 is 4.21 Å². The summed E-state index contributed by atoms with van der Waals surface area (Å²) >= 11 is 0. The lowest BCUT2D eigenvalue weighted by Crippen LogP contribution is -2.35. The molecule has 0 atom stereocenters. The summed E-state index contributed by atoms with van der Waals surface area (Å²) in [6.45, 7) is 7.45. The van der Waals surface area contributed by atoms with Crippen LogP contribution in [0.1, 0.15) is 35.1 Å². The predicted octanol–water partition coefficient (Wildman–Crippen LogP) is 2.61. The largest absolute Gasteiger partial charge is 0.310 e. The normalized spacial score (nSPS) is 24.2. The van der Waals surface area contributed by atoms with Crippen molar-refractivity contribution in [3.8, 4) is 0 Å². The van der Waals surface area contributed by atoms with Gasteiger partial charge in [-0.05, 0) is 55.9 Å². The minimum atomic E-state index is -0.560. The second-order valence-corrected chi connectivity index (χ2v) is 7.06. The average molecular weight is 265 g/mol. The molecule has 0 radical (unpaired) electrons. The van der Waals surface area contributed by atoms with Gasteiger partial charge in [-0.1, -0.05) is 12.1 Å². The van der Waals surface area contributed by atoms with Crippen molar-refractivity contribution in [2.45, 2.75) is 46.2 Å². The molecule has 0 saturated carbocycles. The van der Waals surface area contributed by atoms with Crippen LogP contribution in [0.2, 0.25) is 0 Å².